The lowest BCUT2D eigenvalue weighted by Crippen LogP contribution is -2.47. The number of aliphatic hydroxyl groups is 1. The van der Waals surface area contributed by atoms with E-state index >= 15 is 0 Å². The van der Waals surface area contributed by atoms with Crippen LogP contribution in [0.15, 0.2) is 0 Å². The average Bonchev–Trinajstić information content (AvgIpc) is 2.63. The molecule has 18 heavy (non-hydrogen) atoms. The molecule has 1 fully saturated rings. The number of carbonyl (C=O) groups is 1. The molecule has 2 atom stereocenters. The van der Waals surface area contributed by atoms with Crippen LogP contribution in [-0.2, 0) is 9.53 Å². The number of rotatable bonds is 7. The Hall–Kier alpha value is -0.690. The summed E-state index contributed by atoms with van der Waals surface area (Å²) in [5.41, 5.74) is -0.701. The number of hydrogen-bond donors (Lipinski definition) is 3. The summed E-state index contributed by atoms with van der Waals surface area (Å²) < 4.78 is 4.96. The van der Waals surface area contributed by atoms with Crippen LogP contribution in [0.1, 0.15) is 13.3 Å². The molecule has 1 aliphatic heterocycles. The molecule has 0 aromatic rings. The number of carbonyl (C=O) groups excluding carboxylic acids is 1. The van der Waals surface area contributed by atoms with Crippen molar-refractivity contribution in [1.82, 2.24) is 15.5 Å². The first-order chi connectivity index (χ1) is 8.45. The minimum absolute atomic E-state index is 0.00661. The van der Waals surface area contributed by atoms with E-state index in [0.717, 1.165) is 13.0 Å². The molecular weight excluding hydrogens is 234 g/mol. The highest BCUT2D eigenvalue weighted by Gasteiger charge is 2.32. The third-order valence-corrected chi connectivity index (χ3v) is 3.02. The number of ether oxygens (including phenoxy) is 1. The quantitative estimate of drug-likeness (QED) is 0.535. The predicted molar refractivity (Wildman–Crippen MR) is 69.4 cm³/mol. The lowest BCUT2D eigenvalue weighted by atomic mass is 10.0. The first kappa shape index (κ1) is 15.4. The van der Waals surface area contributed by atoms with Gasteiger partial charge in [-0.3, -0.25) is 9.69 Å². The molecule has 1 rings (SSSR count). The Morgan fingerprint density at radius 3 is 2.94 bits per heavy atom. The highest BCUT2D eigenvalue weighted by atomic mass is 16.5. The smallest absolute Gasteiger partial charge is 0.234 e. The van der Waals surface area contributed by atoms with Crippen LogP contribution in [0.2, 0.25) is 0 Å². The van der Waals surface area contributed by atoms with Crippen molar-refractivity contribution in [3.05, 3.63) is 0 Å². The maximum absolute atomic E-state index is 11.7. The van der Waals surface area contributed by atoms with Crippen LogP contribution in [0.3, 0.4) is 0 Å². The summed E-state index contributed by atoms with van der Waals surface area (Å²) in [6.07, 6.45) is 0.735. The summed E-state index contributed by atoms with van der Waals surface area (Å²) in [6.45, 7) is 4.63. The standard InChI is InChI=1S/C12H25N3O3/c1-10(7-18-3)14-11(16)6-15(2)9-12(17)4-5-13-8-12/h10,13,17H,4-9H2,1-3H3,(H,14,16). The Morgan fingerprint density at radius 2 is 2.39 bits per heavy atom. The molecule has 0 aliphatic carbocycles. The maximum Gasteiger partial charge on any atom is 0.234 e. The first-order valence-corrected chi connectivity index (χ1v) is 6.35. The minimum atomic E-state index is -0.701. The third kappa shape index (κ3) is 5.30. The normalized spacial score (nSPS) is 25.4. The van der Waals surface area contributed by atoms with E-state index < -0.39 is 5.60 Å². The molecule has 0 aromatic heterocycles. The van der Waals surface area contributed by atoms with Crippen LogP contribution in [0.25, 0.3) is 0 Å². The van der Waals surface area contributed by atoms with Gasteiger partial charge in [-0.25, -0.2) is 0 Å². The maximum atomic E-state index is 11.7. The summed E-state index contributed by atoms with van der Waals surface area (Å²) in [7, 11) is 3.45. The van der Waals surface area contributed by atoms with Gasteiger partial charge in [-0.1, -0.05) is 0 Å². The van der Waals surface area contributed by atoms with Gasteiger partial charge in [0.1, 0.15) is 0 Å². The summed E-state index contributed by atoms with van der Waals surface area (Å²) in [4.78, 5) is 13.6. The molecule has 0 bridgehead atoms. The van der Waals surface area contributed by atoms with E-state index in [4.69, 9.17) is 4.74 Å². The number of hydrogen-bond acceptors (Lipinski definition) is 5. The van der Waals surface area contributed by atoms with Crippen LogP contribution in [0.5, 0.6) is 0 Å². The molecule has 2 unspecified atom stereocenters. The molecule has 0 spiro atoms. The van der Waals surface area contributed by atoms with Gasteiger partial charge >= 0.3 is 0 Å². The van der Waals surface area contributed by atoms with Crippen molar-refractivity contribution in [2.75, 3.05) is 46.9 Å². The number of amides is 1. The lowest BCUT2D eigenvalue weighted by Gasteiger charge is -2.27. The van der Waals surface area contributed by atoms with E-state index in [1.807, 2.05) is 18.9 Å². The van der Waals surface area contributed by atoms with Crippen LogP contribution in [0.4, 0.5) is 0 Å². The summed E-state index contributed by atoms with van der Waals surface area (Å²) in [5.74, 6) is -0.0448. The second-order valence-corrected chi connectivity index (χ2v) is 5.25. The fourth-order valence-electron chi connectivity index (χ4n) is 2.28. The average molecular weight is 259 g/mol. The van der Waals surface area contributed by atoms with E-state index in [2.05, 4.69) is 10.6 Å². The molecular formula is C12H25N3O3. The summed E-state index contributed by atoms with van der Waals surface area (Å²) >= 11 is 0. The topological polar surface area (TPSA) is 73.8 Å². The van der Waals surface area contributed by atoms with Crippen LogP contribution in [-0.4, -0.2) is 74.5 Å². The second kappa shape index (κ2) is 7.04. The lowest BCUT2D eigenvalue weighted by molar-refractivity contribution is -0.123. The van der Waals surface area contributed by atoms with Crippen molar-refractivity contribution < 1.29 is 14.6 Å². The summed E-state index contributed by atoms with van der Waals surface area (Å²) in [5, 5.41) is 16.2. The summed E-state index contributed by atoms with van der Waals surface area (Å²) in [6, 6.07) is 0.00661. The molecule has 1 amide bonds. The zero-order valence-electron chi connectivity index (χ0n) is 11.5. The zero-order chi connectivity index (χ0) is 13.6. The van der Waals surface area contributed by atoms with Crippen molar-refractivity contribution in [1.29, 1.82) is 0 Å². The van der Waals surface area contributed by atoms with Gasteiger partial charge in [0, 0.05) is 26.2 Å². The Labute approximate surface area is 109 Å². The zero-order valence-corrected chi connectivity index (χ0v) is 11.5. The molecule has 0 saturated carbocycles. The van der Waals surface area contributed by atoms with Gasteiger partial charge < -0.3 is 20.5 Å². The van der Waals surface area contributed by atoms with Crippen molar-refractivity contribution in [2.24, 2.45) is 0 Å². The molecule has 106 valence electrons. The molecule has 0 radical (unpaired) electrons. The SMILES string of the molecule is COCC(C)NC(=O)CN(C)CC1(O)CCNC1. The Morgan fingerprint density at radius 1 is 1.67 bits per heavy atom. The van der Waals surface area contributed by atoms with Crippen LogP contribution in [0, 0.1) is 0 Å². The molecule has 6 nitrogen and oxygen atoms in total. The van der Waals surface area contributed by atoms with Gasteiger partial charge in [0.2, 0.25) is 5.91 Å². The number of likely N-dealkylation sites (N-methyl/N-ethyl adjacent to an activating group) is 1. The van der Waals surface area contributed by atoms with Crippen molar-refractivity contribution in [3.63, 3.8) is 0 Å². The van der Waals surface area contributed by atoms with E-state index in [1.165, 1.54) is 0 Å². The molecule has 3 N–H and O–H groups in total. The molecule has 1 heterocycles. The van der Waals surface area contributed by atoms with Gasteiger partial charge in [0.25, 0.3) is 0 Å². The van der Waals surface area contributed by atoms with Crippen molar-refractivity contribution in [2.45, 2.75) is 25.0 Å². The van der Waals surface area contributed by atoms with Crippen molar-refractivity contribution in [3.8, 4) is 0 Å². The van der Waals surface area contributed by atoms with Gasteiger partial charge in [-0.2, -0.15) is 0 Å². The number of nitrogens with one attached hydrogen (secondary N) is 2. The number of methoxy groups -OCH3 is 1. The number of nitrogens with zero attached hydrogens (tertiary/aromatic N) is 1. The highest BCUT2D eigenvalue weighted by molar-refractivity contribution is 5.78. The largest absolute Gasteiger partial charge is 0.387 e. The van der Waals surface area contributed by atoms with Crippen molar-refractivity contribution >= 4 is 5.91 Å². The van der Waals surface area contributed by atoms with Gasteiger partial charge in [0.05, 0.1) is 18.8 Å². The van der Waals surface area contributed by atoms with E-state index in [-0.39, 0.29) is 18.5 Å². The second-order valence-electron chi connectivity index (χ2n) is 5.25. The van der Waals surface area contributed by atoms with Gasteiger partial charge in [-0.15, -0.1) is 0 Å². The predicted octanol–water partition coefficient (Wildman–Crippen LogP) is -1.21. The van der Waals surface area contributed by atoms with E-state index in [9.17, 15) is 9.90 Å². The molecule has 1 saturated heterocycles. The highest BCUT2D eigenvalue weighted by Crippen LogP contribution is 2.14. The van der Waals surface area contributed by atoms with Crippen LogP contribution < -0.4 is 10.6 Å². The first-order valence-electron chi connectivity index (χ1n) is 6.35. The number of β-amino-alcohol motifs (C(OH)–C–C–N with tert-alkyl or cyclic N) is 1. The van der Waals surface area contributed by atoms with Gasteiger partial charge in [-0.05, 0) is 26.9 Å². The Balaban J connectivity index is 2.26. The van der Waals surface area contributed by atoms with E-state index in [1.54, 1.807) is 7.11 Å². The van der Waals surface area contributed by atoms with Crippen LogP contribution >= 0.6 is 0 Å². The fourth-order valence-corrected chi connectivity index (χ4v) is 2.28. The molecule has 1 aliphatic rings. The van der Waals surface area contributed by atoms with E-state index in [0.29, 0.717) is 19.7 Å². The molecule has 0 aromatic carbocycles. The van der Waals surface area contributed by atoms with Gasteiger partial charge in [0.15, 0.2) is 0 Å². The Bertz CT molecular complexity index is 267. The molecule has 6 heteroatoms. The monoisotopic (exact) mass is 259 g/mol. The third-order valence-electron chi connectivity index (χ3n) is 3.02. The minimum Gasteiger partial charge on any atom is -0.387 e. The fraction of sp³-hybridized carbons (Fsp3) is 0.917. The Kier molecular flexibility index (Phi) is 6.01.